The first-order valence-corrected chi connectivity index (χ1v) is 8.35. The van der Waals surface area contributed by atoms with Crippen LogP contribution in [0, 0.1) is 10.1 Å². The van der Waals surface area contributed by atoms with E-state index >= 15 is 0 Å². The molecule has 0 unspecified atom stereocenters. The van der Waals surface area contributed by atoms with E-state index in [0.29, 0.717) is 17.9 Å². The highest BCUT2D eigenvalue weighted by molar-refractivity contribution is 5.95. The summed E-state index contributed by atoms with van der Waals surface area (Å²) in [6, 6.07) is 12.1. The maximum Gasteiger partial charge on any atom is 0.271 e. The lowest BCUT2D eigenvalue weighted by molar-refractivity contribution is -0.384. The Morgan fingerprint density at radius 2 is 2.00 bits per heavy atom. The van der Waals surface area contributed by atoms with Crippen LogP contribution in [0.3, 0.4) is 0 Å². The quantitative estimate of drug-likeness (QED) is 0.386. The summed E-state index contributed by atoms with van der Waals surface area (Å²) in [4.78, 5) is 37.0. The molecule has 9 nitrogen and oxygen atoms in total. The second-order valence-electron chi connectivity index (χ2n) is 5.74. The molecule has 28 heavy (non-hydrogen) atoms. The van der Waals surface area contributed by atoms with Crippen molar-refractivity contribution in [3.05, 3.63) is 80.1 Å². The molecule has 2 aromatic carbocycles. The fraction of sp³-hybridized carbons (Fsp3) is 0.105. The van der Waals surface area contributed by atoms with Gasteiger partial charge in [-0.1, -0.05) is 0 Å². The summed E-state index contributed by atoms with van der Waals surface area (Å²) < 4.78 is 5.40. The number of pyridine rings is 1. The van der Waals surface area contributed by atoms with E-state index in [9.17, 15) is 19.7 Å². The molecule has 1 heterocycles. The summed E-state index contributed by atoms with van der Waals surface area (Å²) in [5.74, 6) is 0.104. The molecule has 0 atom stereocenters. The molecular weight excluding hydrogens is 364 g/mol. The van der Waals surface area contributed by atoms with Crippen molar-refractivity contribution in [2.24, 2.45) is 5.10 Å². The Kier molecular flexibility index (Phi) is 5.45. The number of aromatic amines is 1. The average molecular weight is 380 g/mol. The van der Waals surface area contributed by atoms with Gasteiger partial charge in [0.05, 0.1) is 28.8 Å². The molecule has 0 aliphatic rings. The van der Waals surface area contributed by atoms with Crippen LogP contribution >= 0.6 is 0 Å². The third-order valence-electron chi connectivity index (χ3n) is 3.87. The number of nitrogens with one attached hydrogen (secondary N) is 2. The number of carbonyl (C=O) groups is 1. The number of hydrazone groups is 1. The van der Waals surface area contributed by atoms with Crippen LogP contribution in [0.1, 0.15) is 22.8 Å². The van der Waals surface area contributed by atoms with E-state index in [1.807, 2.05) is 13.0 Å². The summed E-state index contributed by atoms with van der Waals surface area (Å²) in [6.07, 6.45) is 1.23. The van der Waals surface area contributed by atoms with E-state index in [4.69, 9.17) is 4.74 Å². The van der Waals surface area contributed by atoms with E-state index in [1.54, 1.807) is 18.2 Å². The van der Waals surface area contributed by atoms with Crippen LogP contribution in [0.15, 0.2) is 58.4 Å². The summed E-state index contributed by atoms with van der Waals surface area (Å²) in [5, 5.41) is 15.2. The summed E-state index contributed by atoms with van der Waals surface area (Å²) in [5.41, 5.74) is 2.90. The number of hydrogen-bond donors (Lipinski definition) is 2. The fourth-order valence-electron chi connectivity index (χ4n) is 2.51. The van der Waals surface area contributed by atoms with Gasteiger partial charge in [0, 0.05) is 23.8 Å². The van der Waals surface area contributed by atoms with Crippen molar-refractivity contribution in [2.75, 3.05) is 6.61 Å². The third kappa shape index (κ3) is 4.21. The minimum atomic E-state index is -0.552. The van der Waals surface area contributed by atoms with Gasteiger partial charge in [-0.2, -0.15) is 5.10 Å². The Hall–Kier alpha value is -4.01. The van der Waals surface area contributed by atoms with Gasteiger partial charge >= 0.3 is 0 Å². The zero-order chi connectivity index (χ0) is 20.1. The number of non-ortho nitro benzene ring substituents is 1. The molecule has 2 N–H and O–H groups in total. The van der Waals surface area contributed by atoms with Gasteiger partial charge in [-0.05, 0) is 42.6 Å². The minimum Gasteiger partial charge on any atom is -0.494 e. The number of ether oxygens (including phenoxy) is 1. The number of nitrogens with zero attached hydrogens (tertiary/aromatic N) is 2. The van der Waals surface area contributed by atoms with E-state index in [-0.39, 0.29) is 22.4 Å². The maximum atomic E-state index is 12.2. The zero-order valence-corrected chi connectivity index (χ0v) is 14.8. The number of H-pyrrole nitrogens is 1. The van der Waals surface area contributed by atoms with Crippen LogP contribution in [0.2, 0.25) is 0 Å². The molecule has 0 aliphatic heterocycles. The highest BCUT2D eigenvalue weighted by Crippen LogP contribution is 2.18. The molecule has 1 aromatic heterocycles. The second kappa shape index (κ2) is 8.12. The van der Waals surface area contributed by atoms with Gasteiger partial charge in [0.2, 0.25) is 0 Å². The number of amides is 1. The topological polar surface area (TPSA) is 127 Å². The van der Waals surface area contributed by atoms with Gasteiger partial charge < -0.3 is 9.72 Å². The standard InChI is InChI=1S/C19H16N4O5/c1-2-28-16-8-5-13-9-14(18(24)21-17(13)10-16)11-20-22-19(25)12-3-6-15(7-4-12)23(26)27/h3-11H,2H2,1H3,(H,21,24)(H,22,25)/b20-11+. The molecule has 0 fully saturated rings. The van der Waals surface area contributed by atoms with Crippen molar-refractivity contribution < 1.29 is 14.5 Å². The predicted molar refractivity (Wildman–Crippen MR) is 104 cm³/mol. The van der Waals surface area contributed by atoms with Gasteiger partial charge in [0.15, 0.2) is 0 Å². The molecule has 0 saturated heterocycles. The number of aromatic nitrogens is 1. The van der Waals surface area contributed by atoms with E-state index in [2.05, 4.69) is 15.5 Å². The first-order valence-electron chi connectivity index (χ1n) is 8.35. The SMILES string of the molecule is CCOc1ccc2cc(/C=N/NC(=O)c3ccc([N+](=O)[O-])cc3)c(=O)[nH]c2c1. The summed E-state index contributed by atoms with van der Waals surface area (Å²) >= 11 is 0. The van der Waals surface area contributed by atoms with Crippen molar-refractivity contribution in [1.29, 1.82) is 0 Å². The predicted octanol–water partition coefficient (Wildman–Crippen LogP) is 2.60. The van der Waals surface area contributed by atoms with Gasteiger partial charge in [0.25, 0.3) is 17.2 Å². The van der Waals surface area contributed by atoms with Gasteiger partial charge in [-0.15, -0.1) is 0 Å². The van der Waals surface area contributed by atoms with Crippen molar-refractivity contribution in [3.8, 4) is 5.75 Å². The Bertz CT molecular complexity index is 1120. The van der Waals surface area contributed by atoms with Crippen LogP contribution < -0.4 is 15.7 Å². The molecule has 0 saturated carbocycles. The Morgan fingerprint density at radius 1 is 1.25 bits per heavy atom. The van der Waals surface area contributed by atoms with Crippen molar-refractivity contribution >= 4 is 28.7 Å². The van der Waals surface area contributed by atoms with Gasteiger partial charge in [0.1, 0.15) is 5.75 Å². The van der Waals surface area contributed by atoms with Crippen LogP contribution in [0.5, 0.6) is 5.75 Å². The largest absolute Gasteiger partial charge is 0.494 e. The molecule has 1 amide bonds. The van der Waals surface area contributed by atoms with Crippen LogP contribution in [-0.4, -0.2) is 28.6 Å². The lowest BCUT2D eigenvalue weighted by atomic mass is 10.1. The molecule has 0 spiro atoms. The second-order valence-corrected chi connectivity index (χ2v) is 5.74. The first-order chi connectivity index (χ1) is 13.5. The Balaban J connectivity index is 1.74. The number of carbonyl (C=O) groups excluding carboxylic acids is 1. The van der Waals surface area contributed by atoms with E-state index < -0.39 is 10.8 Å². The molecule has 3 rings (SSSR count). The number of nitro groups is 1. The molecule has 0 aliphatic carbocycles. The van der Waals surface area contributed by atoms with E-state index in [1.165, 1.54) is 30.5 Å². The molecule has 0 bridgehead atoms. The lowest BCUT2D eigenvalue weighted by Gasteiger charge is -2.05. The highest BCUT2D eigenvalue weighted by atomic mass is 16.6. The monoisotopic (exact) mass is 380 g/mol. The maximum absolute atomic E-state index is 12.2. The molecule has 3 aromatic rings. The summed E-state index contributed by atoms with van der Waals surface area (Å²) in [6.45, 7) is 2.40. The normalized spacial score (nSPS) is 10.9. The van der Waals surface area contributed by atoms with Gasteiger partial charge in [-0.25, -0.2) is 5.43 Å². The number of rotatable bonds is 6. The average Bonchev–Trinajstić information content (AvgIpc) is 2.68. The van der Waals surface area contributed by atoms with Crippen LogP contribution in [0.4, 0.5) is 5.69 Å². The van der Waals surface area contributed by atoms with E-state index in [0.717, 1.165) is 5.39 Å². The highest BCUT2D eigenvalue weighted by Gasteiger charge is 2.09. The molecule has 0 radical (unpaired) electrons. The number of hydrogen-bond acceptors (Lipinski definition) is 6. The Labute approximate surface area is 158 Å². The number of benzene rings is 2. The minimum absolute atomic E-state index is 0.116. The van der Waals surface area contributed by atoms with Gasteiger partial charge in [-0.3, -0.25) is 19.7 Å². The molecular formula is C19H16N4O5. The van der Waals surface area contributed by atoms with Crippen molar-refractivity contribution in [1.82, 2.24) is 10.4 Å². The van der Waals surface area contributed by atoms with Crippen molar-refractivity contribution in [3.63, 3.8) is 0 Å². The first kappa shape index (κ1) is 18.8. The molecule has 9 heteroatoms. The smallest absolute Gasteiger partial charge is 0.271 e. The Morgan fingerprint density at radius 3 is 2.68 bits per heavy atom. The number of fused-ring (bicyclic) bond motifs is 1. The summed E-state index contributed by atoms with van der Waals surface area (Å²) in [7, 11) is 0. The molecule has 142 valence electrons. The third-order valence-corrected chi connectivity index (χ3v) is 3.87. The van der Waals surface area contributed by atoms with Crippen LogP contribution in [0.25, 0.3) is 10.9 Å². The zero-order valence-electron chi connectivity index (χ0n) is 14.8. The van der Waals surface area contributed by atoms with Crippen LogP contribution in [-0.2, 0) is 0 Å². The van der Waals surface area contributed by atoms with Crippen molar-refractivity contribution in [2.45, 2.75) is 6.92 Å². The lowest BCUT2D eigenvalue weighted by Crippen LogP contribution is -2.19. The fourth-order valence-corrected chi connectivity index (χ4v) is 2.51. The number of nitro benzene ring substituents is 1.